The summed E-state index contributed by atoms with van der Waals surface area (Å²) >= 11 is 0. The molecule has 1 fully saturated rings. The fourth-order valence-electron chi connectivity index (χ4n) is 6.04. The largest absolute Gasteiger partial charge is 0.481 e. The van der Waals surface area contributed by atoms with Crippen LogP contribution in [0.1, 0.15) is 50.7 Å². The third-order valence-electron chi connectivity index (χ3n) is 8.47. The van der Waals surface area contributed by atoms with Gasteiger partial charge in [-0.2, -0.15) is 18.2 Å². The number of aliphatic hydroxyl groups excluding tert-OH is 1. The first-order valence-corrected chi connectivity index (χ1v) is 14.5. The van der Waals surface area contributed by atoms with Gasteiger partial charge >= 0.3 is 12.1 Å². The summed E-state index contributed by atoms with van der Waals surface area (Å²) in [7, 11) is 0. The van der Waals surface area contributed by atoms with E-state index in [1.165, 1.54) is 4.90 Å². The van der Waals surface area contributed by atoms with Crippen molar-refractivity contribution in [3.8, 4) is 17.1 Å². The number of aliphatic carboxylic acids is 1. The number of ether oxygens (including phenoxy) is 1. The lowest BCUT2D eigenvalue weighted by atomic mass is 9.82. The number of nitrogens with zero attached hydrogens (tertiary/aromatic N) is 4. The molecular formula is C29H34F5N7O4. The molecule has 244 valence electrons. The highest BCUT2D eigenvalue weighted by Gasteiger charge is 2.48. The first-order valence-electron chi connectivity index (χ1n) is 14.5. The molecule has 5 rings (SSSR count). The number of carboxylic acid groups (broad SMARTS) is 1. The third-order valence-corrected chi connectivity index (χ3v) is 8.47. The summed E-state index contributed by atoms with van der Waals surface area (Å²) in [5.74, 6) is -4.11. The first-order chi connectivity index (χ1) is 21.2. The minimum atomic E-state index is -5.11. The van der Waals surface area contributed by atoms with E-state index in [0.717, 1.165) is 13.3 Å². The number of aromatic nitrogens is 3. The van der Waals surface area contributed by atoms with Crippen molar-refractivity contribution in [3.05, 3.63) is 28.8 Å². The second-order valence-corrected chi connectivity index (χ2v) is 11.5. The Morgan fingerprint density at radius 2 is 1.96 bits per heavy atom. The summed E-state index contributed by atoms with van der Waals surface area (Å²) < 4.78 is 80.5. The number of anilines is 3. The van der Waals surface area contributed by atoms with Gasteiger partial charge in [-0.1, -0.05) is 6.92 Å². The molecule has 6 N–H and O–H groups in total. The van der Waals surface area contributed by atoms with Gasteiger partial charge in [-0.25, -0.2) is 18.7 Å². The molecule has 2 aromatic heterocycles. The summed E-state index contributed by atoms with van der Waals surface area (Å²) in [6.45, 7) is 5.05. The van der Waals surface area contributed by atoms with Crippen LogP contribution < -0.4 is 26.0 Å². The van der Waals surface area contributed by atoms with E-state index in [4.69, 9.17) is 10.5 Å². The predicted molar refractivity (Wildman–Crippen MR) is 156 cm³/mol. The van der Waals surface area contributed by atoms with Gasteiger partial charge in [-0.3, -0.25) is 4.79 Å². The topological polar surface area (TPSA) is 159 Å². The highest BCUT2D eigenvalue weighted by Crippen LogP contribution is 2.46. The van der Waals surface area contributed by atoms with Crippen LogP contribution in [0.15, 0.2) is 6.07 Å². The van der Waals surface area contributed by atoms with E-state index >= 15 is 4.39 Å². The number of carbonyl (C=O) groups is 1. The van der Waals surface area contributed by atoms with E-state index in [1.54, 1.807) is 6.92 Å². The van der Waals surface area contributed by atoms with E-state index in [-0.39, 0.29) is 42.0 Å². The minimum Gasteiger partial charge on any atom is -0.481 e. The van der Waals surface area contributed by atoms with Gasteiger partial charge in [-0.15, -0.1) is 0 Å². The van der Waals surface area contributed by atoms with E-state index in [9.17, 15) is 32.6 Å². The van der Waals surface area contributed by atoms with E-state index in [0.29, 0.717) is 25.6 Å². The predicted octanol–water partition coefficient (Wildman–Crippen LogP) is 4.25. The number of pyridine rings is 1. The number of hydrogen-bond donors (Lipinski definition) is 5. The van der Waals surface area contributed by atoms with Crippen molar-refractivity contribution in [3.63, 3.8) is 0 Å². The Hall–Kier alpha value is -4.05. The third kappa shape index (κ3) is 5.88. The van der Waals surface area contributed by atoms with Crippen LogP contribution in [0.2, 0.25) is 0 Å². The maximum absolute atomic E-state index is 16.7. The van der Waals surface area contributed by atoms with Gasteiger partial charge in [0.2, 0.25) is 11.8 Å². The minimum absolute atomic E-state index is 0.0127. The maximum Gasteiger partial charge on any atom is 0.417 e. The first kappa shape index (κ1) is 32.3. The van der Waals surface area contributed by atoms with Crippen LogP contribution in [0.3, 0.4) is 0 Å². The molecule has 0 radical (unpaired) electrons. The lowest BCUT2D eigenvalue weighted by molar-refractivity contribution is -0.140. The molecule has 0 spiro atoms. The number of halogens is 5. The number of nitrogens with two attached hydrogens (primary N) is 1. The normalized spacial score (nSPS) is 22.3. The number of nitrogen functional groups attached to an aromatic ring is 1. The molecule has 1 aromatic carbocycles. The number of carboxylic acids is 1. The smallest absolute Gasteiger partial charge is 0.417 e. The molecule has 0 aliphatic carbocycles. The lowest BCUT2D eigenvalue weighted by Crippen LogP contribution is -2.64. The molecule has 0 saturated carbocycles. The highest BCUT2D eigenvalue weighted by molar-refractivity contribution is 5.97. The van der Waals surface area contributed by atoms with E-state index in [1.807, 2.05) is 6.92 Å². The monoisotopic (exact) mass is 639 g/mol. The molecule has 0 amide bonds. The van der Waals surface area contributed by atoms with Crippen LogP contribution in [0, 0.1) is 18.6 Å². The van der Waals surface area contributed by atoms with E-state index in [2.05, 4.69) is 25.6 Å². The van der Waals surface area contributed by atoms with E-state index < -0.39 is 82.0 Å². The van der Waals surface area contributed by atoms with Crippen LogP contribution >= 0.6 is 0 Å². The number of aliphatic hydroxyl groups is 1. The molecule has 2 unspecified atom stereocenters. The van der Waals surface area contributed by atoms with Crippen molar-refractivity contribution in [2.45, 2.75) is 70.3 Å². The Bertz CT molecular complexity index is 1640. The molecule has 4 heterocycles. The van der Waals surface area contributed by atoms with Crippen molar-refractivity contribution in [1.29, 1.82) is 0 Å². The number of hydrogen-bond acceptors (Lipinski definition) is 10. The molecule has 0 bridgehead atoms. The Morgan fingerprint density at radius 3 is 2.56 bits per heavy atom. The van der Waals surface area contributed by atoms with Crippen molar-refractivity contribution < 1.29 is 41.7 Å². The SMILES string of the molecule is CCC1C[C@H](C)Oc2nc(-c3cc(N)c(F)c(C)c3C(F)(F)F)c(F)c3nc(N4CCC4(CO)CC(=O)O)nc(c23)NCCN1. The van der Waals surface area contributed by atoms with Gasteiger partial charge in [0.25, 0.3) is 0 Å². The van der Waals surface area contributed by atoms with Gasteiger partial charge in [0.15, 0.2) is 5.82 Å². The summed E-state index contributed by atoms with van der Waals surface area (Å²) in [5.41, 5.74) is -0.553. The van der Waals surface area contributed by atoms with Gasteiger partial charge < -0.3 is 36.2 Å². The summed E-state index contributed by atoms with van der Waals surface area (Å²) in [4.78, 5) is 26.2. The summed E-state index contributed by atoms with van der Waals surface area (Å²) in [6, 6.07) is 0.694. The highest BCUT2D eigenvalue weighted by atomic mass is 19.4. The molecule has 16 heteroatoms. The van der Waals surface area contributed by atoms with Crippen molar-refractivity contribution in [2.75, 3.05) is 42.2 Å². The molecule has 3 atom stereocenters. The Balaban J connectivity index is 1.82. The Kier molecular flexibility index (Phi) is 8.65. The average molecular weight is 640 g/mol. The quantitative estimate of drug-likeness (QED) is 0.194. The summed E-state index contributed by atoms with van der Waals surface area (Å²) in [5, 5.41) is 26.1. The zero-order chi connectivity index (χ0) is 32.8. The maximum atomic E-state index is 16.7. The number of rotatable bonds is 6. The number of benzene rings is 1. The standard InChI is InChI=1S/C29H34F5N7O4/c1-4-15-9-13(2)45-26-19-24(22(31)23(38-26)16-10-17(35)21(30)14(3)20(16)29(32,33)34)39-27(40-25(19)37-7-6-36-15)41-8-5-28(41,12-42)11-18(43)44/h10,13,15,36,42H,4-9,11-12,35H2,1-3H3,(H,43,44)(H,37,39,40)/t13-,15?,28?/m0/s1. The van der Waals surface area contributed by atoms with Gasteiger partial charge in [0.05, 0.1) is 35.9 Å². The molecule has 11 nitrogen and oxygen atoms in total. The molecule has 1 saturated heterocycles. The van der Waals surface area contributed by atoms with Gasteiger partial charge in [0, 0.05) is 31.2 Å². The Labute approximate surface area is 255 Å². The van der Waals surface area contributed by atoms with Crippen LogP contribution in [0.4, 0.5) is 39.4 Å². The van der Waals surface area contributed by atoms with Crippen LogP contribution in [-0.4, -0.2) is 75.1 Å². The molecular weight excluding hydrogens is 605 g/mol. The molecule has 2 aliphatic heterocycles. The van der Waals surface area contributed by atoms with Gasteiger partial charge in [0.1, 0.15) is 28.2 Å². The van der Waals surface area contributed by atoms with Crippen molar-refractivity contribution in [2.24, 2.45) is 0 Å². The van der Waals surface area contributed by atoms with Crippen molar-refractivity contribution >= 4 is 34.3 Å². The second-order valence-electron chi connectivity index (χ2n) is 11.5. The molecule has 2 aliphatic rings. The fourth-order valence-corrected chi connectivity index (χ4v) is 6.04. The van der Waals surface area contributed by atoms with Gasteiger partial charge in [-0.05, 0) is 44.7 Å². The lowest BCUT2D eigenvalue weighted by Gasteiger charge is -2.51. The number of alkyl halides is 3. The van der Waals surface area contributed by atoms with Crippen LogP contribution in [0.5, 0.6) is 5.88 Å². The molecule has 45 heavy (non-hydrogen) atoms. The average Bonchev–Trinajstić information content (AvgIpc) is 2.98. The van der Waals surface area contributed by atoms with Crippen LogP contribution in [-0.2, 0) is 11.0 Å². The number of nitrogens with one attached hydrogen (secondary N) is 2. The molecule has 3 aromatic rings. The zero-order valence-electron chi connectivity index (χ0n) is 24.9. The zero-order valence-corrected chi connectivity index (χ0v) is 24.9. The Morgan fingerprint density at radius 1 is 1.22 bits per heavy atom. The summed E-state index contributed by atoms with van der Waals surface area (Å²) in [6.07, 6.45) is -4.61. The second kappa shape index (κ2) is 12.0. The van der Waals surface area contributed by atoms with Crippen LogP contribution in [0.25, 0.3) is 22.2 Å². The van der Waals surface area contributed by atoms with Crippen molar-refractivity contribution in [1.82, 2.24) is 20.3 Å². The fraction of sp³-hybridized carbons (Fsp3) is 0.517.